The molecule has 0 amide bonds. The van der Waals surface area contributed by atoms with E-state index in [9.17, 15) is 15.0 Å². The lowest BCUT2D eigenvalue weighted by molar-refractivity contribution is -0.0389. The fourth-order valence-electron chi connectivity index (χ4n) is 5.22. The number of aliphatic hydroxyl groups excluding tert-OH is 1. The highest BCUT2D eigenvalue weighted by molar-refractivity contribution is 6.03. The smallest absolute Gasteiger partial charge is 0.191 e. The molecule has 0 saturated heterocycles. The summed E-state index contributed by atoms with van der Waals surface area (Å²) in [6.45, 7) is 10.5. The van der Waals surface area contributed by atoms with Crippen LogP contribution in [0, 0.1) is 11.3 Å². The van der Waals surface area contributed by atoms with E-state index in [-0.39, 0.29) is 34.2 Å². The van der Waals surface area contributed by atoms with Crippen molar-refractivity contribution in [3.05, 3.63) is 28.8 Å². The first-order valence-corrected chi connectivity index (χ1v) is 8.69. The summed E-state index contributed by atoms with van der Waals surface area (Å²) in [4.78, 5) is 12.9. The van der Waals surface area contributed by atoms with Crippen LogP contribution in [0.1, 0.15) is 81.3 Å². The molecule has 0 heterocycles. The van der Waals surface area contributed by atoms with Crippen LogP contribution in [0.2, 0.25) is 0 Å². The van der Waals surface area contributed by atoms with Gasteiger partial charge in [0.1, 0.15) is 11.9 Å². The number of fused-ring (bicyclic) bond motifs is 3. The third-order valence-electron chi connectivity index (χ3n) is 6.30. The van der Waals surface area contributed by atoms with Gasteiger partial charge in [-0.05, 0) is 52.8 Å². The molecule has 0 aliphatic heterocycles. The van der Waals surface area contributed by atoms with E-state index in [4.69, 9.17) is 0 Å². The van der Waals surface area contributed by atoms with Gasteiger partial charge in [0.2, 0.25) is 0 Å². The van der Waals surface area contributed by atoms with Gasteiger partial charge in [-0.3, -0.25) is 4.79 Å². The molecule has 1 fully saturated rings. The average molecular weight is 316 g/mol. The molecule has 1 aromatic carbocycles. The number of rotatable bonds is 1. The zero-order valence-corrected chi connectivity index (χ0v) is 14.8. The highest BCUT2D eigenvalue weighted by atomic mass is 16.3. The maximum absolute atomic E-state index is 12.9. The van der Waals surface area contributed by atoms with E-state index < -0.39 is 6.10 Å². The summed E-state index contributed by atoms with van der Waals surface area (Å²) < 4.78 is 0. The van der Waals surface area contributed by atoms with Gasteiger partial charge in [-0.1, -0.05) is 41.0 Å². The van der Waals surface area contributed by atoms with Crippen LogP contribution in [0.5, 0.6) is 5.75 Å². The normalized spacial score (nSPS) is 32.6. The van der Waals surface area contributed by atoms with Gasteiger partial charge in [0, 0.05) is 11.5 Å². The van der Waals surface area contributed by atoms with Crippen molar-refractivity contribution in [3.63, 3.8) is 0 Å². The maximum atomic E-state index is 12.9. The fraction of sp³-hybridized carbons (Fsp3) is 0.650. The Hall–Kier alpha value is -1.35. The van der Waals surface area contributed by atoms with Crippen LogP contribution in [0.4, 0.5) is 0 Å². The predicted molar refractivity (Wildman–Crippen MR) is 91.0 cm³/mol. The standard InChI is InChI=1S/C20H28O3/c1-11(2)12-9-13-14(10-15(12)21)20(5)8-6-7-19(3,4)18(20)17(23)16(13)22/h9-11,17-18,21,23H,6-8H2,1-5H3/t17?,18-,20+/m0/s1. The number of aromatic hydroxyl groups is 1. The minimum absolute atomic E-state index is 0.0912. The lowest BCUT2D eigenvalue weighted by Crippen LogP contribution is -2.56. The number of hydrogen-bond acceptors (Lipinski definition) is 3. The Labute approximate surface area is 138 Å². The average Bonchev–Trinajstić information content (AvgIpc) is 2.43. The number of benzene rings is 1. The first-order valence-electron chi connectivity index (χ1n) is 8.69. The number of aliphatic hydroxyl groups is 1. The SMILES string of the molecule is CC(C)c1cc2c(cc1O)[C@@]1(C)CCCC(C)(C)[C@@H]1C(O)C2=O. The van der Waals surface area contributed by atoms with E-state index >= 15 is 0 Å². The van der Waals surface area contributed by atoms with Crippen LogP contribution in [0.25, 0.3) is 0 Å². The van der Waals surface area contributed by atoms with Crippen LogP contribution in [0.3, 0.4) is 0 Å². The Balaban J connectivity index is 2.26. The van der Waals surface area contributed by atoms with Crippen LogP contribution < -0.4 is 0 Å². The quantitative estimate of drug-likeness (QED) is 0.818. The Morgan fingerprint density at radius 3 is 2.43 bits per heavy atom. The Morgan fingerprint density at radius 2 is 1.83 bits per heavy atom. The molecule has 1 aromatic rings. The van der Waals surface area contributed by atoms with Crippen LogP contribution in [-0.2, 0) is 5.41 Å². The second-order valence-electron chi connectivity index (χ2n) is 8.66. The topological polar surface area (TPSA) is 57.5 Å². The number of Topliss-reactive ketones (excluding diaryl/α,β-unsaturated/α-hetero) is 1. The molecule has 2 aliphatic carbocycles. The van der Waals surface area contributed by atoms with Gasteiger partial charge in [-0.2, -0.15) is 0 Å². The molecule has 1 saturated carbocycles. The van der Waals surface area contributed by atoms with Gasteiger partial charge >= 0.3 is 0 Å². The third kappa shape index (κ3) is 2.24. The van der Waals surface area contributed by atoms with E-state index in [1.165, 1.54) is 0 Å². The molecule has 0 aromatic heterocycles. The molecule has 0 spiro atoms. The summed E-state index contributed by atoms with van der Waals surface area (Å²) >= 11 is 0. The third-order valence-corrected chi connectivity index (χ3v) is 6.30. The van der Waals surface area contributed by atoms with Crippen molar-refractivity contribution >= 4 is 5.78 Å². The van der Waals surface area contributed by atoms with Crippen molar-refractivity contribution in [2.45, 2.75) is 71.3 Å². The van der Waals surface area contributed by atoms with E-state index in [0.29, 0.717) is 5.56 Å². The molecule has 0 radical (unpaired) electrons. The predicted octanol–water partition coefficient (Wildman–Crippen LogP) is 4.16. The molecule has 3 rings (SSSR count). The molecule has 1 unspecified atom stereocenters. The van der Waals surface area contributed by atoms with Crippen LogP contribution >= 0.6 is 0 Å². The molecule has 3 nitrogen and oxygen atoms in total. The number of phenolic OH excluding ortho intramolecular Hbond substituents is 1. The lowest BCUT2D eigenvalue weighted by Gasteiger charge is -2.55. The molecule has 3 atom stereocenters. The highest BCUT2D eigenvalue weighted by Gasteiger charge is 2.56. The molecule has 0 bridgehead atoms. The molecule has 23 heavy (non-hydrogen) atoms. The van der Waals surface area contributed by atoms with Crippen LogP contribution in [0.15, 0.2) is 12.1 Å². The Bertz CT molecular complexity index is 659. The monoisotopic (exact) mass is 316 g/mol. The lowest BCUT2D eigenvalue weighted by atomic mass is 9.49. The summed E-state index contributed by atoms with van der Waals surface area (Å²) in [7, 11) is 0. The molecule has 2 N–H and O–H groups in total. The van der Waals surface area contributed by atoms with Crippen molar-refractivity contribution in [1.82, 2.24) is 0 Å². The van der Waals surface area contributed by atoms with Crippen molar-refractivity contribution in [2.24, 2.45) is 11.3 Å². The fourth-order valence-corrected chi connectivity index (χ4v) is 5.22. The van der Waals surface area contributed by atoms with E-state index in [0.717, 1.165) is 30.4 Å². The zero-order valence-electron chi connectivity index (χ0n) is 14.8. The van der Waals surface area contributed by atoms with Gasteiger partial charge in [0.05, 0.1) is 0 Å². The maximum Gasteiger partial charge on any atom is 0.191 e. The van der Waals surface area contributed by atoms with Crippen molar-refractivity contribution in [3.8, 4) is 5.75 Å². The largest absolute Gasteiger partial charge is 0.508 e. The second kappa shape index (κ2) is 5.07. The summed E-state index contributed by atoms with van der Waals surface area (Å²) in [5, 5.41) is 21.3. The minimum atomic E-state index is -0.952. The number of hydrogen-bond donors (Lipinski definition) is 2. The molecular weight excluding hydrogens is 288 g/mol. The van der Waals surface area contributed by atoms with E-state index in [1.807, 2.05) is 19.9 Å². The van der Waals surface area contributed by atoms with Gasteiger partial charge in [0.15, 0.2) is 5.78 Å². The summed E-state index contributed by atoms with van der Waals surface area (Å²) in [6, 6.07) is 3.60. The molecular formula is C20H28O3. The van der Waals surface area contributed by atoms with Crippen molar-refractivity contribution in [2.75, 3.05) is 0 Å². The van der Waals surface area contributed by atoms with Gasteiger partial charge in [-0.15, -0.1) is 0 Å². The summed E-state index contributed by atoms with van der Waals surface area (Å²) in [5.74, 6) is 0.122. The number of phenols is 1. The zero-order chi connectivity index (χ0) is 17.2. The number of carbonyl (C=O) groups is 1. The minimum Gasteiger partial charge on any atom is -0.508 e. The van der Waals surface area contributed by atoms with Crippen molar-refractivity contribution in [1.29, 1.82) is 0 Å². The summed E-state index contributed by atoms with van der Waals surface area (Å²) in [5.41, 5.74) is 1.95. The van der Waals surface area contributed by atoms with E-state index in [1.54, 1.807) is 6.07 Å². The molecule has 3 heteroatoms. The summed E-state index contributed by atoms with van der Waals surface area (Å²) in [6.07, 6.45) is 2.09. The van der Waals surface area contributed by atoms with Gasteiger partial charge < -0.3 is 10.2 Å². The van der Waals surface area contributed by atoms with Gasteiger partial charge in [-0.25, -0.2) is 0 Å². The first-order chi connectivity index (χ1) is 10.6. The Morgan fingerprint density at radius 1 is 1.17 bits per heavy atom. The second-order valence-corrected chi connectivity index (χ2v) is 8.66. The van der Waals surface area contributed by atoms with Crippen LogP contribution in [-0.4, -0.2) is 22.1 Å². The number of carbonyl (C=O) groups excluding carboxylic acids is 1. The Kier molecular flexibility index (Phi) is 3.64. The number of ketones is 1. The highest BCUT2D eigenvalue weighted by Crippen LogP contribution is 2.57. The van der Waals surface area contributed by atoms with Gasteiger partial charge in [0.25, 0.3) is 0 Å². The van der Waals surface area contributed by atoms with E-state index in [2.05, 4.69) is 20.8 Å². The first kappa shape index (κ1) is 16.5. The van der Waals surface area contributed by atoms with Crippen molar-refractivity contribution < 1.29 is 15.0 Å². The molecule has 2 aliphatic rings. The molecule has 126 valence electrons.